The average molecular weight is 258 g/mol. The van der Waals surface area contributed by atoms with Crippen LogP contribution in [0, 0.1) is 5.82 Å². The van der Waals surface area contributed by atoms with Crippen LogP contribution < -0.4 is 4.90 Å². The number of halogens is 2. The maximum Gasteiger partial charge on any atom is 0.223 e. The van der Waals surface area contributed by atoms with Gasteiger partial charge in [-0.05, 0) is 40.0 Å². The predicted octanol–water partition coefficient (Wildman–Crippen LogP) is 2.50. The summed E-state index contributed by atoms with van der Waals surface area (Å²) in [6.45, 7) is 2.17. The van der Waals surface area contributed by atoms with Gasteiger partial charge < -0.3 is 4.90 Å². The molecule has 2 rings (SSSR count). The van der Waals surface area contributed by atoms with Gasteiger partial charge in [0.1, 0.15) is 5.82 Å². The molecule has 1 aromatic carbocycles. The van der Waals surface area contributed by atoms with E-state index in [0.717, 1.165) is 17.7 Å². The van der Waals surface area contributed by atoms with Gasteiger partial charge in [-0.15, -0.1) is 0 Å². The Morgan fingerprint density at radius 2 is 2.29 bits per heavy atom. The Morgan fingerprint density at radius 1 is 1.57 bits per heavy atom. The first-order chi connectivity index (χ1) is 6.59. The van der Waals surface area contributed by atoms with Crippen LogP contribution in [0.25, 0.3) is 0 Å². The van der Waals surface area contributed by atoms with Gasteiger partial charge in [0, 0.05) is 19.2 Å². The highest BCUT2D eigenvalue weighted by Crippen LogP contribution is 2.32. The van der Waals surface area contributed by atoms with Crippen molar-refractivity contribution in [1.29, 1.82) is 0 Å². The fraction of sp³-hybridized carbons (Fsp3) is 0.300. The lowest BCUT2D eigenvalue weighted by molar-refractivity contribution is -0.116. The number of amides is 1. The lowest BCUT2D eigenvalue weighted by Gasteiger charge is -2.14. The first kappa shape index (κ1) is 9.65. The molecule has 0 N–H and O–H groups in total. The minimum atomic E-state index is -0.269. The van der Waals surface area contributed by atoms with Crippen LogP contribution in [0.4, 0.5) is 10.1 Å². The zero-order valence-electron chi connectivity index (χ0n) is 7.68. The van der Waals surface area contributed by atoms with E-state index in [1.807, 2.05) is 0 Å². The SMILES string of the molecule is CC(=O)N1CCc2cc(F)c(Br)cc21. The van der Waals surface area contributed by atoms with E-state index in [1.54, 1.807) is 11.0 Å². The topological polar surface area (TPSA) is 20.3 Å². The van der Waals surface area contributed by atoms with E-state index < -0.39 is 0 Å². The van der Waals surface area contributed by atoms with Gasteiger partial charge in [0.15, 0.2) is 0 Å². The van der Waals surface area contributed by atoms with Gasteiger partial charge in [0.25, 0.3) is 0 Å². The molecule has 1 aliphatic rings. The molecule has 0 bridgehead atoms. The predicted molar refractivity (Wildman–Crippen MR) is 55.8 cm³/mol. The number of hydrogen-bond acceptors (Lipinski definition) is 1. The number of benzene rings is 1. The van der Waals surface area contributed by atoms with Crippen molar-refractivity contribution in [2.45, 2.75) is 13.3 Å². The molecule has 1 heterocycles. The number of carbonyl (C=O) groups is 1. The summed E-state index contributed by atoms with van der Waals surface area (Å²) in [4.78, 5) is 12.9. The standard InChI is InChI=1S/C10H9BrFNO/c1-6(14)13-3-2-7-4-9(12)8(11)5-10(7)13/h4-5H,2-3H2,1H3. The quantitative estimate of drug-likeness (QED) is 0.700. The van der Waals surface area contributed by atoms with Crippen molar-refractivity contribution in [2.24, 2.45) is 0 Å². The van der Waals surface area contributed by atoms with E-state index in [1.165, 1.54) is 13.0 Å². The van der Waals surface area contributed by atoms with E-state index in [0.29, 0.717) is 11.0 Å². The van der Waals surface area contributed by atoms with Crippen LogP contribution in [0.5, 0.6) is 0 Å². The third-order valence-corrected chi connectivity index (χ3v) is 3.00. The second-order valence-corrected chi connectivity index (χ2v) is 4.17. The number of hydrogen-bond donors (Lipinski definition) is 0. The van der Waals surface area contributed by atoms with Crippen molar-refractivity contribution in [3.05, 3.63) is 28.0 Å². The molecule has 0 saturated carbocycles. The smallest absolute Gasteiger partial charge is 0.223 e. The Balaban J connectivity index is 2.50. The second-order valence-electron chi connectivity index (χ2n) is 3.32. The highest BCUT2D eigenvalue weighted by Gasteiger charge is 2.23. The molecule has 1 aromatic rings. The largest absolute Gasteiger partial charge is 0.312 e. The maximum atomic E-state index is 13.2. The van der Waals surface area contributed by atoms with Gasteiger partial charge in [0.2, 0.25) is 5.91 Å². The molecule has 14 heavy (non-hydrogen) atoms. The Bertz CT molecular complexity index is 405. The van der Waals surface area contributed by atoms with Gasteiger partial charge in [0.05, 0.1) is 4.47 Å². The molecule has 2 nitrogen and oxygen atoms in total. The fourth-order valence-electron chi connectivity index (χ4n) is 1.71. The summed E-state index contributed by atoms with van der Waals surface area (Å²) in [5, 5.41) is 0. The van der Waals surface area contributed by atoms with Crippen LogP contribution >= 0.6 is 15.9 Å². The molecular weight excluding hydrogens is 249 g/mol. The molecular formula is C10H9BrFNO. The lowest BCUT2D eigenvalue weighted by Crippen LogP contribution is -2.25. The summed E-state index contributed by atoms with van der Waals surface area (Å²) in [6, 6.07) is 3.15. The highest BCUT2D eigenvalue weighted by molar-refractivity contribution is 9.10. The molecule has 0 radical (unpaired) electrons. The van der Waals surface area contributed by atoms with Crippen molar-refractivity contribution in [3.8, 4) is 0 Å². The maximum absolute atomic E-state index is 13.2. The van der Waals surface area contributed by atoms with Crippen LogP contribution in [0.1, 0.15) is 12.5 Å². The number of rotatable bonds is 0. The Morgan fingerprint density at radius 3 is 2.93 bits per heavy atom. The number of fused-ring (bicyclic) bond motifs is 1. The first-order valence-electron chi connectivity index (χ1n) is 4.35. The molecule has 0 aliphatic carbocycles. The fourth-order valence-corrected chi connectivity index (χ4v) is 2.04. The van der Waals surface area contributed by atoms with E-state index in [9.17, 15) is 9.18 Å². The van der Waals surface area contributed by atoms with E-state index >= 15 is 0 Å². The molecule has 0 fully saturated rings. The van der Waals surface area contributed by atoms with Crippen molar-refractivity contribution in [3.63, 3.8) is 0 Å². The summed E-state index contributed by atoms with van der Waals surface area (Å²) in [7, 11) is 0. The molecule has 0 atom stereocenters. The number of carbonyl (C=O) groups excluding carboxylic acids is 1. The lowest BCUT2D eigenvalue weighted by atomic mass is 10.2. The Kier molecular flexibility index (Phi) is 2.31. The van der Waals surface area contributed by atoms with Crippen LogP contribution in [0.3, 0.4) is 0 Å². The zero-order valence-corrected chi connectivity index (χ0v) is 9.27. The van der Waals surface area contributed by atoms with E-state index in [2.05, 4.69) is 15.9 Å². The number of nitrogens with zero attached hydrogens (tertiary/aromatic N) is 1. The second kappa shape index (κ2) is 3.35. The molecule has 0 unspecified atom stereocenters. The minimum absolute atomic E-state index is 0.00209. The first-order valence-corrected chi connectivity index (χ1v) is 5.15. The molecule has 4 heteroatoms. The van der Waals surface area contributed by atoms with Gasteiger partial charge in [-0.1, -0.05) is 0 Å². The molecule has 74 valence electrons. The van der Waals surface area contributed by atoms with E-state index in [-0.39, 0.29) is 11.7 Å². The summed E-state index contributed by atoms with van der Waals surface area (Å²) >= 11 is 3.11. The molecule has 0 saturated heterocycles. The number of anilines is 1. The van der Waals surface area contributed by atoms with Crippen LogP contribution in [-0.2, 0) is 11.2 Å². The van der Waals surface area contributed by atoms with Gasteiger partial charge in [-0.25, -0.2) is 4.39 Å². The van der Waals surface area contributed by atoms with Crippen molar-refractivity contribution < 1.29 is 9.18 Å². The Labute approximate surface area is 89.8 Å². The van der Waals surface area contributed by atoms with Crippen molar-refractivity contribution in [1.82, 2.24) is 0 Å². The normalized spacial score (nSPS) is 14.4. The molecule has 1 amide bonds. The van der Waals surface area contributed by atoms with Gasteiger partial charge in [-0.2, -0.15) is 0 Å². The Hall–Kier alpha value is -0.900. The van der Waals surface area contributed by atoms with E-state index in [4.69, 9.17) is 0 Å². The molecule has 1 aliphatic heterocycles. The van der Waals surface area contributed by atoms with Crippen LogP contribution in [0.15, 0.2) is 16.6 Å². The summed E-state index contributed by atoms with van der Waals surface area (Å²) in [6.07, 6.45) is 0.735. The van der Waals surface area contributed by atoms with Crippen LogP contribution in [-0.4, -0.2) is 12.5 Å². The third-order valence-electron chi connectivity index (χ3n) is 2.40. The summed E-state index contributed by atoms with van der Waals surface area (Å²) in [5.74, 6) is -0.267. The van der Waals surface area contributed by atoms with Crippen LogP contribution in [0.2, 0.25) is 0 Å². The summed E-state index contributed by atoms with van der Waals surface area (Å²) < 4.78 is 13.6. The molecule has 0 aromatic heterocycles. The van der Waals surface area contributed by atoms with Crippen molar-refractivity contribution in [2.75, 3.05) is 11.4 Å². The highest BCUT2D eigenvalue weighted by atomic mass is 79.9. The monoisotopic (exact) mass is 257 g/mol. The average Bonchev–Trinajstić information content (AvgIpc) is 2.48. The van der Waals surface area contributed by atoms with Gasteiger partial charge in [-0.3, -0.25) is 4.79 Å². The molecule has 0 spiro atoms. The van der Waals surface area contributed by atoms with Gasteiger partial charge >= 0.3 is 0 Å². The van der Waals surface area contributed by atoms with Crippen molar-refractivity contribution >= 4 is 27.5 Å². The third kappa shape index (κ3) is 1.43. The zero-order chi connectivity index (χ0) is 10.3. The summed E-state index contributed by atoms with van der Waals surface area (Å²) in [5.41, 5.74) is 1.73. The minimum Gasteiger partial charge on any atom is -0.312 e.